The summed E-state index contributed by atoms with van der Waals surface area (Å²) < 4.78 is 0. The molecular formula is C20H22N4O. The molecular weight excluding hydrogens is 312 g/mol. The molecule has 2 heterocycles. The van der Waals surface area contributed by atoms with Crippen molar-refractivity contribution in [1.29, 1.82) is 0 Å². The Hall–Kier alpha value is -3.08. The first-order valence-electron chi connectivity index (χ1n) is 8.25. The van der Waals surface area contributed by atoms with E-state index < -0.39 is 0 Å². The van der Waals surface area contributed by atoms with Crippen molar-refractivity contribution in [3.8, 4) is 11.3 Å². The molecule has 0 saturated heterocycles. The van der Waals surface area contributed by atoms with E-state index in [-0.39, 0.29) is 5.78 Å². The summed E-state index contributed by atoms with van der Waals surface area (Å²) in [5, 5.41) is 3.18. The number of rotatable bonds is 4. The zero-order valence-corrected chi connectivity index (χ0v) is 14.9. The third kappa shape index (κ3) is 4.70. The summed E-state index contributed by atoms with van der Waals surface area (Å²) in [5.74, 6) is 0.508. The van der Waals surface area contributed by atoms with Gasteiger partial charge in [0.05, 0.1) is 5.69 Å². The fourth-order valence-electron chi connectivity index (χ4n) is 2.19. The highest BCUT2D eigenvalue weighted by atomic mass is 16.1. The minimum Gasteiger partial charge on any atom is -0.324 e. The lowest BCUT2D eigenvalue weighted by Gasteiger charge is -2.10. The van der Waals surface area contributed by atoms with Crippen LogP contribution in [-0.2, 0) is 0 Å². The summed E-state index contributed by atoms with van der Waals surface area (Å²) in [4.78, 5) is 24.4. The van der Waals surface area contributed by atoms with Gasteiger partial charge in [0.15, 0.2) is 5.78 Å². The quantitative estimate of drug-likeness (QED) is 0.693. The van der Waals surface area contributed by atoms with Crippen LogP contribution in [0.15, 0.2) is 55.0 Å². The Balaban J connectivity index is 0.00000109. The van der Waals surface area contributed by atoms with Crippen molar-refractivity contribution in [3.05, 3.63) is 66.1 Å². The second-order valence-corrected chi connectivity index (χ2v) is 5.22. The van der Waals surface area contributed by atoms with Gasteiger partial charge in [-0.25, -0.2) is 9.97 Å². The van der Waals surface area contributed by atoms with E-state index in [4.69, 9.17) is 0 Å². The van der Waals surface area contributed by atoms with Gasteiger partial charge in [-0.05, 0) is 43.7 Å². The molecule has 0 saturated carbocycles. The van der Waals surface area contributed by atoms with E-state index in [2.05, 4.69) is 20.3 Å². The van der Waals surface area contributed by atoms with E-state index in [1.807, 2.05) is 57.2 Å². The first-order chi connectivity index (χ1) is 12.1. The molecule has 0 fully saturated rings. The lowest BCUT2D eigenvalue weighted by Crippen LogP contribution is -2.01. The van der Waals surface area contributed by atoms with Crippen LogP contribution in [0, 0.1) is 6.92 Å². The lowest BCUT2D eigenvalue weighted by molar-refractivity contribution is 0.101. The predicted molar refractivity (Wildman–Crippen MR) is 101 cm³/mol. The number of hydrogen-bond acceptors (Lipinski definition) is 5. The zero-order valence-electron chi connectivity index (χ0n) is 14.9. The van der Waals surface area contributed by atoms with Crippen molar-refractivity contribution >= 4 is 17.4 Å². The van der Waals surface area contributed by atoms with E-state index in [0.29, 0.717) is 11.5 Å². The van der Waals surface area contributed by atoms with Gasteiger partial charge < -0.3 is 5.32 Å². The van der Waals surface area contributed by atoms with E-state index in [1.54, 1.807) is 25.5 Å². The molecule has 5 nitrogen and oxygen atoms in total. The molecule has 3 aromatic rings. The summed E-state index contributed by atoms with van der Waals surface area (Å²) in [6.07, 6.45) is 5.18. The van der Waals surface area contributed by atoms with Crippen molar-refractivity contribution in [2.45, 2.75) is 27.7 Å². The van der Waals surface area contributed by atoms with Crippen LogP contribution in [0.5, 0.6) is 0 Å². The van der Waals surface area contributed by atoms with Gasteiger partial charge >= 0.3 is 0 Å². The average Bonchev–Trinajstić information content (AvgIpc) is 2.66. The number of aryl methyl sites for hydroxylation is 1. The van der Waals surface area contributed by atoms with Crippen molar-refractivity contribution in [2.24, 2.45) is 0 Å². The van der Waals surface area contributed by atoms with Gasteiger partial charge in [0.2, 0.25) is 5.95 Å². The minimum absolute atomic E-state index is 0.0260. The van der Waals surface area contributed by atoms with Gasteiger partial charge in [-0.2, -0.15) is 0 Å². The number of aromatic nitrogens is 3. The maximum atomic E-state index is 11.5. The summed E-state index contributed by atoms with van der Waals surface area (Å²) in [6.45, 7) is 7.52. The van der Waals surface area contributed by atoms with Crippen molar-refractivity contribution in [1.82, 2.24) is 15.0 Å². The third-order valence-corrected chi connectivity index (χ3v) is 3.50. The number of carbonyl (C=O) groups excluding carboxylic acids is 1. The van der Waals surface area contributed by atoms with Crippen molar-refractivity contribution in [3.63, 3.8) is 0 Å². The highest BCUT2D eigenvalue weighted by Crippen LogP contribution is 2.22. The summed E-state index contributed by atoms with van der Waals surface area (Å²) in [5.41, 5.74) is 4.20. The topological polar surface area (TPSA) is 67.8 Å². The van der Waals surface area contributed by atoms with Gasteiger partial charge in [0.25, 0.3) is 0 Å². The molecule has 1 aromatic carbocycles. The molecule has 0 bridgehead atoms. The molecule has 0 unspecified atom stereocenters. The Labute approximate surface area is 148 Å². The molecule has 25 heavy (non-hydrogen) atoms. The summed E-state index contributed by atoms with van der Waals surface area (Å²) in [7, 11) is 0. The molecule has 2 aromatic heterocycles. The number of hydrogen-bond donors (Lipinski definition) is 1. The molecule has 0 aliphatic heterocycles. The molecule has 128 valence electrons. The fourth-order valence-corrected chi connectivity index (χ4v) is 2.19. The van der Waals surface area contributed by atoms with Crippen molar-refractivity contribution in [2.75, 3.05) is 5.32 Å². The molecule has 0 aliphatic carbocycles. The number of anilines is 2. The molecule has 0 radical (unpaired) electrons. The number of pyridine rings is 1. The van der Waals surface area contributed by atoms with E-state index in [9.17, 15) is 4.79 Å². The molecule has 3 rings (SSSR count). The Kier molecular flexibility index (Phi) is 6.34. The molecule has 0 spiro atoms. The summed E-state index contributed by atoms with van der Waals surface area (Å²) >= 11 is 0. The van der Waals surface area contributed by atoms with Crippen LogP contribution in [-0.4, -0.2) is 20.7 Å². The van der Waals surface area contributed by atoms with Gasteiger partial charge in [-0.1, -0.05) is 26.0 Å². The maximum absolute atomic E-state index is 11.5. The van der Waals surface area contributed by atoms with Crippen LogP contribution in [0.1, 0.15) is 36.7 Å². The van der Waals surface area contributed by atoms with Crippen LogP contribution in [0.25, 0.3) is 11.3 Å². The Bertz CT molecular complexity index is 847. The Morgan fingerprint density at radius 2 is 1.88 bits per heavy atom. The minimum atomic E-state index is 0.0260. The molecule has 5 heteroatoms. The van der Waals surface area contributed by atoms with E-state index in [0.717, 1.165) is 22.5 Å². The number of benzene rings is 1. The SMILES string of the molecule is CC.CC(=O)c1ccc(C)c(Nc2nccc(-c3cccnc3)n2)c1. The zero-order chi connectivity index (χ0) is 18.2. The molecule has 1 N–H and O–H groups in total. The first kappa shape index (κ1) is 18.3. The van der Waals surface area contributed by atoms with Gasteiger partial charge in [0.1, 0.15) is 0 Å². The van der Waals surface area contributed by atoms with E-state index >= 15 is 0 Å². The van der Waals surface area contributed by atoms with Crippen molar-refractivity contribution < 1.29 is 4.79 Å². The second-order valence-electron chi connectivity index (χ2n) is 5.22. The highest BCUT2D eigenvalue weighted by Gasteiger charge is 2.07. The predicted octanol–water partition coefficient (Wildman–Crippen LogP) is 4.82. The smallest absolute Gasteiger partial charge is 0.227 e. The number of ketones is 1. The maximum Gasteiger partial charge on any atom is 0.227 e. The van der Waals surface area contributed by atoms with Gasteiger partial charge in [0, 0.05) is 35.4 Å². The molecule has 0 amide bonds. The monoisotopic (exact) mass is 334 g/mol. The number of nitrogens with one attached hydrogen (secondary N) is 1. The van der Waals surface area contributed by atoms with Gasteiger partial charge in [-0.3, -0.25) is 9.78 Å². The van der Waals surface area contributed by atoms with E-state index in [1.165, 1.54) is 0 Å². The second kappa shape index (κ2) is 8.68. The third-order valence-electron chi connectivity index (χ3n) is 3.50. The van der Waals surface area contributed by atoms with Crippen LogP contribution >= 0.6 is 0 Å². The van der Waals surface area contributed by atoms with Crippen LogP contribution in [0.4, 0.5) is 11.6 Å². The molecule has 0 aliphatic rings. The number of nitrogens with zero attached hydrogens (tertiary/aromatic N) is 3. The fraction of sp³-hybridized carbons (Fsp3) is 0.200. The summed E-state index contributed by atoms with van der Waals surface area (Å²) in [6, 6.07) is 11.2. The van der Waals surface area contributed by atoms with Crippen LogP contribution in [0.3, 0.4) is 0 Å². The largest absolute Gasteiger partial charge is 0.324 e. The average molecular weight is 334 g/mol. The Morgan fingerprint density at radius 1 is 1.08 bits per heavy atom. The number of Topliss-reactive ketones (excluding diaryl/α,β-unsaturated/α-hetero) is 1. The molecule has 0 atom stereocenters. The first-order valence-corrected chi connectivity index (χ1v) is 8.25. The normalized spacial score (nSPS) is 9.76. The standard InChI is InChI=1S/C18H16N4O.C2H6/c1-12-5-6-14(13(2)23)10-17(12)22-18-20-9-7-16(21-18)15-4-3-8-19-11-15;1-2/h3-11H,1-2H3,(H,20,21,22);1-2H3. The van der Waals surface area contributed by atoms with Crippen LogP contribution in [0.2, 0.25) is 0 Å². The van der Waals surface area contributed by atoms with Crippen LogP contribution < -0.4 is 5.32 Å². The highest BCUT2D eigenvalue weighted by molar-refractivity contribution is 5.95. The van der Waals surface area contributed by atoms with Gasteiger partial charge in [-0.15, -0.1) is 0 Å². The lowest BCUT2D eigenvalue weighted by atomic mass is 10.1. The Morgan fingerprint density at radius 3 is 2.56 bits per heavy atom. The number of carbonyl (C=O) groups is 1.